The molecule has 2 aromatic rings. The first-order valence-electron chi connectivity index (χ1n) is 6.51. The Morgan fingerprint density at radius 3 is 2.19 bits per heavy atom. The van der Waals surface area contributed by atoms with Gasteiger partial charge in [-0.25, -0.2) is 0 Å². The SMILES string of the molecule is CC(=O)c1ccc(N=C(C)c2c(Cl)cccc2Cl)c(C)c1. The van der Waals surface area contributed by atoms with Crippen molar-refractivity contribution >= 4 is 40.4 Å². The van der Waals surface area contributed by atoms with Crippen molar-refractivity contribution in [3.8, 4) is 0 Å². The van der Waals surface area contributed by atoms with Crippen molar-refractivity contribution in [3.63, 3.8) is 0 Å². The maximum absolute atomic E-state index is 11.4. The summed E-state index contributed by atoms with van der Waals surface area (Å²) in [4.78, 5) is 16.0. The van der Waals surface area contributed by atoms with E-state index in [9.17, 15) is 4.79 Å². The number of hydrogen-bond donors (Lipinski definition) is 0. The molecule has 0 aliphatic rings. The second-order valence-corrected chi connectivity index (χ2v) is 5.67. The Labute approximate surface area is 134 Å². The predicted octanol–water partition coefficient (Wildman–Crippen LogP) is 5.65. The molecule has 0 unspecified atom stereocenters. The minimum Gasteiger partial charge on any atom is -0.295 e. The summed E-state index contributed by atoms with van der Waals surface area (Å²) < 4.78 is 0. The number of aliphatic imine (C=N–C) groups is 1. The minimum atomic E-state index is 0.0412. The van der Waals surface area contributed by atoms with Crippen molar-refractivity contribution in [1.82, 2.24) is 0 Å². The molecule has 0 radical (unpaired) electrons. The Kier molecular flexibility index (Phi) is 4.81. The van der Waals surface area contributed by atoms with E-state index < -0.39 is 0 Å². The molecule has 0 saturated heterocycles. The maximum Gasteiger partial charge on any atom is 0.159 e. The molecule has 0 fully saturated rings. The van der Waals surface area contributed by atoms with Gasteiger partial charge >= 0.3 is 0 Å². The van der Waals surface area contributed by atoms with Crippen LogP contribution in [0.25, 0.3) is 0 Å². The molecule has 0 heterocycles. The van der Waals surface area contributed by atoms with E-state index in [1.54, 1.807) is 31.2 Å². The van der Waals surface area contributed by atoms with Gasteiger partial charge in [0.2, 0.25) is 0 Å². The van der Waals surface area contributed by atoms with Crippen LogP contribution in [0.4, 0.5) is 5.69 Å². The average molecular weight is 320 g/mol. The van der Waals surface area contributed by atoms with Crippen LogP contribution in [0.3, 0.4) is 0 Å². The summed E-state index contributed by atoms with van der Waals surface area (Å²) >= 11 is 12.4. The van der Waals surface area contributed by atoms with Crippen LogP contribution in [0.2, 0.25) is 10.0 Å². The molecule has 0 spiro atoms. The van der Waals surface area contributed by atoms with Gasteiger partial charge in [-0.15, -0.1) is 0 Å². The summed E-state index contributed by atoms with van der Waals surface area (Å²) in [5.74, 6) is 0.0412. The third-order valence-corrected chi connectivity index (χ3v) is 3.85. The van der Waals surface area contributed by atoms with Crippen molar-refractivity contribution in [3.05, 3.63) is 63.1 Å². The monoisotopic (exact) mass is 319 g/mol. The van der Waals surface area contributed by atoms with Crippen LogP contribution in [-0.4, -0.2) is 11.5 Å². The molecule has 0 aliphatic heterocycles. The molecule has 108 valence electrons. The van der Waals surface area contributed by atoms with E-state index in [1.165, 1.54) is 0 Å². The Balaban J connectivity index is 2.46. The second kappa shape index (κ2) is 6.42. The Hall–Kier alpha value is -1.64. The van der Waals surface area contributed by atoms with Crippen molar-refractivity contribution in [2.75, 3.05) is 0 Å². The fourth-order valence-electron chi connectivity index (χ4n) is 2.08. The summed E-state index contributed by atoms with van der Waals surface area (Å²) in [6, 6.07) is 10.8. The van der Waals surface area contributed by atoms with Gasteiger partial charge in [-0.05, 0) is 56.7 Å². The van der Waals surface area contributed by atoms with E-state index in [2.05, 4.69) is 4.99 Å². The fraction of sp³-hybridized carbons (Fsp3) is 0.176. The molecule has 0 amide bonds. The third kappa shape index (κ3) is 3.52. The van der Waals surface area contributed by atoms with E-state index in [0.717, 1.165) is 22.5 Å². The van der Waals surface area contributed by atoms with E-state index in [4.69, 9.17) is 23.2 Å². The number of hydrogen-bond acceptors (Lipinski definition) is 2. The smallest absolute Gasteiger partial charge is 0.159 e. The van der Waals surface area contributed by atoms with Gasteiger partial charge in [0.05, 0.1) is 15.7 Å². The number of nitrogens with zero attached hydrogens (tertiary/aromatic N) is 1. The molecular formula is C17H15Cl2NO. The van der Waals surface area contributed by atoms with Crippen LogP contribution < -0.4 is 0 Å². The van der Waals surface area contributed by atoms with Crippen LogP contribution in [0.5, 0.6) is 0 Å². The number of halogens is 2. The quantitative estimate of drug-likeness (QED) is 0.531. The predicted molar refractivity (Wildman–Crippen MR) is 89.5 cm³/mol. The molecule has 0 N–H and O–H groups in total. The molecule has 0 atom stereocenters. The zero-order chi connectivity index (χ0) is 15.6. The van der Waals surface area contributed by atoms with Gasteiger partial charge in [-0.1, -0.05) is 29.3 Å². The van der Waals surface area contributed by atoms with E-state index >= 15 is 0 Å². The standard InChI is InChI=1S/C17H15Cl2NO/c1-10-9-13(12(3)21)7-8-16(10)20-11(2)17-14(18)5-4-6-15(17)19/h4-9H,1-3H3. The summed E-state index contributed by atoms with van der Waals surface area (Å²) in [6.45, 7) is 5.34. The van der Waals surface area contributed by atoms with Crippen LogP contribution in [0.15, 0.2) is 41.4 Å². The Morgan fingerprint density at radius 2 is 1.67 bits per heavy atom. The van der Waals surface area contributed by atoms with Crippen LogP contribution >= 0.6 is 23.2 Å². The van der Waals surface area contributed by atoms with Gasteiger partial charge in [-0.3, -0.25) is 9.79 Å². The van der Waals surface area contributed by atoms with Gasteiger partial charge in [0.1, 0.15) is 0 Å². The fourth-order valence-corrected chi connectivity index (χ4v) is 2.75. The number of ketones is 1. The lowest BCUT2D eigenvalue weighted by atomic mass is 10.1. The molecule has 0 aromatic heterocycles. The highest BCUT2D eigenvalue weighted by Gasteiger charge is 2.10. The highest BCUT2D eigenvalue weighted by molar-refractivity contribution is 6.40. The van der Waals surface area contributed by atoms with E-state index in [-0.39, 0.29) is 5.78 Å². The number of benzene rings is 2. The first kappa shape index (κ1) is 15.7. The molecule has 4 heteroatoms. The van der Waals surface area contributed by atoms with Gasteiger partial charge in [0.25, 0.3) is 0 Å². The van der Waals surface area contributed by atoms with Crippen molar-refractivity contribution in [2.45, 2.75) is 20.8 Å². The van der Waals surface area contributed by atoms with Gasteiger partial charge in [0, 0.05) is 16.8 Å². The topological polar surface area (TPSA) is 29.4 Å². The summed E-state index contributed by atoms with van der Waals surface area (Å²) in [6.07, 6.45) is 0. The molecule has 2 rings (SSSR count). The highest BCUT2D eigenvalue weighted by atomic mass is 35.5. The van der Waals surface area contributed by atoms with Crippen molar-refractivity contribution in [1.29, 1.82) is 0 Å². The second-order valence-electron chi connectivity index (χ2n) is 4.85. The lowest BCUT2D eigenvalue weighted by Gasteiger charge is -2.08. The normalized spacial score (nSPS) is 11.6. The molecule has 2 aromatic carbocycles. The van der Waals surface area contributed by atoms with Crippen LogP contribution in [0, 0.1) is 6.92 Å². The minimum absolute atomic E-state index is 0.0412. The van der Waals surface area contributed by atoms with E-state index in [1.807, 2.05) is 26.0 Å². The summed E-state index contributed by atoms with van der Waals surface area (Å²) in [7, 11) is 0. The van der Waals surface area contributed by atoms with Crippen molar-refractivity contribution in [2.24, 2.45) is 4.99 Å². The molecule has 0 bridgehead atoms. The van der Waals surface area contributed by atoms with E-state index in [0.29, 0.717) is 15.6 Å². The molecule has 21 heavy (non-hydrogen) atoms. The highest BCUT2D eigenvalue weighted by Crippen LogP contribution is 2.27. The Morgan fingerprint density at radius 1 is 1.05 bits per heavy atom. The first-order chi connectivity index (χ1) is 9.90. The largest absolute Gasteiger partial charge is 0.295 e. The van der Waals surface area contributed by atoms with Gasteiger partial charge in [-0.2, -0.15) is 0 Å². The summed E-state index contributed by atoms with van der Waals surface area (Å²) in [5.41, 5.74) is 3.89. The van der Waals surface area contributed by atoms with Crippen LogP contribution in [0.1, 0.15) is 35.3 Å². The number of rotatable bonds is 3. The van der Waals surface area contributed by atoms with Crippen molar-refractivity contribution < 1.29 is 4.79 Å². The zero-order valence-corrected chi connectivity index (χ0v) is 13.6. The number of aryl methyl sites for hydroxylation is 1. The molecule has 0 aliphatic carbocycles. The molecular weight excluding hydrogens is 305 g/mol. The van der Waals surface area contributed by atoms with Gasteiger partial charge < -0.3 is 0 Å². The first-order valence-corrected chi connectivity index (χ1v) is 7.27. The third-order valence-electron chi connectivity index (χ3n) is 3.22. The van der Waals surface area contributed by atoms with Crippen LogP contribution in [-0.2, 0) is 0 Å². The zero-order valence-electron chi connectivity index (χ0n) is 12.1. The maximum atomic E-state index is 11.4. The van der Waals surface area contributed by atoms with Gasteiger partial charge in [0.15, 0.2) is 5.78 Å². The molecule has 2 nitrogen and oxygen atoms in total. The number of carbonyl (C=O) groups is 1. The lowest BCUT2D eigenvalue weighted by molar-refractivity contribution is 0.101. The number of carbonyl (C=O) groups excluding carboxylic acids is 1. The number of Topliss-reactive ketones (excluding diaryl/α,β-unsaturated/α-hetero) is 1. The Bertz CT molecular complexity index is 715. The average Bonchev–Trinajstić information content (AvgIpc) is 2.40. The molecule has 0 saturated carbocycles. The summed E-state index contributed by atoms with van der Waals surface area (Å²) in [5, 5.41) is 1.14. The lowest BCUT2D eigenvalue weighted by Crippen LogP contribution is -1.98.